The Kier molecular flexibility index (Phi) is 8.32. The molecule has 4 nitrogen and oxygen atoms in total. The minimum Gasteiger partial charge on any atom is -0.508 e. The van der Waals surface area contributed by atoms with Crippen molar-refractivity contribution in [1.82, 2.24) is 0 Å². The van der Waals surface area contributed by atoms with Crippen molar-refractivity contribution in [3.63, 3.8) is 0 Å². The van der Waals surface area contributed by atoms with E-state index in [4.69, 9.17) is 20.4 Å². The van der Waals surface area contributed by atoms with Crippen LogP contribution in [0.1, 0.15) is 12.5 Å². The SMILES string of the molecule is CCc1ccc(O)cc1O.Oc1ccccc1.Oc1ccccc1. The van der Waals surface area contributed by atoms with Gasteiger partial charge in [-0.1, -0.05) is 49.4 Å². The molecular formula is C20H22O4. The van der Waals surface area contributed by atoms with Crippen molar-refractivity contribution in [3.8, 4) is 23.0 Å². The Morgan fingerprint density at radius 1 is 0.583 bits per heavy atom. The van der Waals surface area contributed by atoms with Crippen molar-refractivity contribution < 1.29 is 20.4 Å². The van der Waals surface area contributed by atoms with Crippen LogP contribution >= 0.6 is 0 Å². The largest absolute Gasteiger partial charge is 0.508 e. The average Bonchev–Trinajstić information content (AvgIpc) is 2.57. The fraction of sp³-hybridized carbons (Fsp3) is 0.100. The van der Waals surface area contributed by atoms with Crippen LogP contribution in [0.5, 0.6) is 23.0 Å². The molecule has 4 N–H and O–H groups in total. The first-order chi connectivity index (χ1) is 11.5. The number of para-hydroxylation sites is 2. The van der Waals surface area contributed by atoms with Gasteiger partial charge in [0.2, 0.25) is 0 Å². The topological polar surface area (TPSA) is 80.9 Å². The molecule has 0 atom stereocenters. The number of rotatable bonds is 1. The fourth-order valence-electron chi connectivity index (χ4n) is 1.71. The predicted octanol–water partition coefficient (Wildman–Crippen LogP) is 4.44. The predicted molar refractivity (Wildman–Crippen MR) is 95.4 cm³/mol. The first-order valence-corrected chi connectivity index (χ1v) is 7.51. The van der Waals surface area contributed by atoms with Gasteiger partial charge < -0.3 is 20.4 Å². The van der Waals surface area contributed by atoms with Gasteiger partial charge in [-0.25, -0.2) is 0 Å². The summed E-state index contributed by atoms with van der Waals surface area (Å²) in [6.07, 6.45) is 0.784. The van der Waals surface area contributed by atoms with Crippen LogP contribution in [-0.4, -0.2) is 20.4 Å². The lowest BCUT2D eigenvalue weighted by atomic mass is 10.1. The molecule has 24 heavy (non-hydrogen) atoms. The molecule has 0 aliphatic carbocycles. The second-order valence-electron chi connectivity index (χ2n) is 4.84. The fourth-order valence-corrected chi connectivity index (χ4v) is 1.71. The van der Waals surface area contributed by atoms with E-state index in [0.717, 1.165) is 12.0 Å². The van der Waals surface area contributed by atoms with Crippen LogP contribution in [-0.2, 0) is 6.42 Å². The van der Waals surface area contributed by atoms with Gasteiger partial charge >= 0.3 is 0 Å². The van der Waals surface area contributed by atoms with Crippen LogP contribution in [0.25, 0.3) is 0 Å². The van der Waals surface area contributed by atoms with Gasteiger partial charge in [-0.3, -0.25) is 0 Å². The number of hydrogen-bond donors (Lipinski definition) is 4. The van der Waals surface area contributed by atoms with Crippen LogP contribution in [0.4, 0.5) is 0 Å². The van der Waals surface area contributed by atoms with Crippen LogP contribution < -0.4 is 0 Å². The van der Waals surface area contributed by atoms with E-state index in [2.05, 4.69) is 0 Å². The van der Waals surface area contributed by atoms with Crippen molar-refractivity contribution in [2.24, 2.45) is 0 Å². The summed E-state index contributed by atoms with van der Waals surface area (Å²) in [5.41, 5.74) is 0.859. The summed E-state index contributed by atoms with van der Waals surface area (Å²) >= 11 is 0. The zero-order valence-electron chi connectivity index (χ0n) is 13.5. The maximum atomic E-state index is 9.13. The highest BCUT2D eigenvalue weighted by atomic mass is 16.3. The Hall–Kier alpha value is -3.14. The Morgan fingerprint density at radius 2 is 1.04 bits per heavy atom. The molecule has 0 fully saturated rings. The molecule has 0 spiro atoms. The quantitative estimate of drug-likeness (QED) is 0.533. The molecule has 3 aromatic carbocycles. The van der Waals surface area contributed by atoms with Crippen molar-refractivity contribution in [3.05, 3.63) is 84.4 Å². The first-order valence-electron chi connectivity index (χ1n) is 7.51. The summed E-state index contributed by atoms with van der Waals surface area (Å²) in [5, 5.41) is 35.3. The second kappa shape index (κ2) is 10.6. The molecule has 0 heterocycles. The van der Waals surface area contributed by atoms with E-state index in [9.17, 15) is 0 Å². The number of aromatic hydroxyl groups is 4. The molecule has 0 aromatic heterocycles. The number of hydrogen-bond acceptors (Lipinski definition) is 4. The van der Waals surface area contributed by atoms with Gasteiger partial charge in [-0.2, -0.15) is 0 Å². The maximum absolute atomic E-state index is 9.13. The van der Waals surface area contributed by atoms with Gasteiger partial charge in [-0.15, -0.1) is 0 Å². The summed E-state index contributed by atoms with van der Waals surface area (Å²) in [6, 6.07) is 22.1. The van der Waals surface area contributed by atoms with Gasteiger partial charge in [0, 0.05) is 6.07 Å². The summed E-state index contributed by atoms with van der Waals surface area (Å²) in [5.74, 6) is 0.919. The zero-order valence-corrected chi connectivity index (χ0v) is 13.5. The normalized spacial score (nSPS) is 9.04. The molecule has 0 saturated heterocycles. The molecular weight excluding hydrogens is 304 g/mol. The molecule has 0 amide bonds. The Bertz CT molecular complexity index is 660. The second-order valence-corrected chi connectivity index (χ2v) is 4.84. The summed E-state index contributed by atoms with van der Waals surface area (Å²) < 4.78 is 0. The highest BCUT2D eigenvalue weighted by molar-refractivity contribution is 5.38. The lowest BCUT2D eigenvalue weighted by molar-refractivity contribution is 0.446. The van der Waals surface area contributed by atoms with E-state index in [1.807, 2.05) is 19.1 Å². The minimum atomic E-state index is 0.106. The summed E-state index contributed by atoms with van der Waals surface area (Å²) in [7, 11) is 0. The minimum absolute atomic E-state index is 0.106. The van der Waals surface area contributed by atoms with Crippen LogP contribution in [0.2, 0.25) is 0 Å². The lowest BCUT2D eigenvalue weighted by Crippen LogP contribution is -1.79. The average molecular weight is 326 g/mol. The van der Waals surface area contributed by atoms with Gasteiger partial charge in [0.25, 0.3) is 0 Å². The standard InChI is InChI=1S/C8H10O2.2C6H6O/c1-2-6-3-4-7(9)5-8(6)10;2*7-6-4-2-1-3-5-6/h3-5,9-10H,2H2,1H3;2*1-5,7H. The Morgan fingerprint density at radius 3 is 1.33 bits per heavy atom. The van der Waals surface area contributed by atoms with Crippen molar-refractivity contribution in [2.45, 2.75) is 13.3 Å². The molecule has 126 valence electrons. The third-order valence-corrected chi connectivity index (χ3v) is 2.96. The van der Waals surface area contributed by atoms with E-state index in [-0.39, 0.29) is 11.5 Å². The Balaban J connectivity index is 0.000000185. The van der Waals surface area contributed by atoms with Crippen molar-refractivity contribution in [2.75, 3.05) is 0 Å². The van der Waals surface area contributed by atoms with Crippen LogP contribution in [0.3, 0.4) is 0 Å². The highest BCUT2D eigenvalue weighted by Gasteiger charge is 1.97. The number of benzene rings is 3. The van der Waals surface area contributed by atoms with E-state index < -0.39 is 0 Å². The molecule has 4 heteroatoms. The number of phenols is 4. The lowest BCUT2D eigenvalue weighted by Gasteiger charge is -1.99. The van der Waals surface area contributed by atoms with E-state index >= 15 is 0 Å². The van der Waals surface area contributed by atoms with Crippen molar-refractivity contribution >= 4 is 0 Å². The summed E-state index contributed by atoms with van der Waals surface area (Å²) in [6.45, 7) is 1.95. The van der Waals surface area contributed by atoms with Crippen molar-refractivity contribution in [1.29, 1.82) is 0 Å². The molecule has 3 rings (SSSR count). The maximum Gasteiger partial charge on any atom is 0.122 e. The third-order valence-electron chi connectivity index (χ3n) is 2.96. The molecule has 0 bridgehead atoms. The molecule has 0 unspecified atom stereocenters. The molecule has 0 saturated carbocycles. The zero-order chi connectivity index (χ0) is 17.8. The van der Waals surface area contributed by atoms with Gasteiger partial charge in [0.15, 0.2) is 0 Å². The highest BCUT2D eigenvalue weighted by Crippen LogP contribution is 2.22. The monoisotopic (exact) mass is 326 g/mol. The van der Waals surface area contributed by atoms with Crippen LogP contribution in [0, 0.1) is 0 Å². The first kappa shape index (κ1) is 18.9. The molecule has 0 aliphatic heterocycles. The van der Waals surface area contributed by atoms with E-state index in [1.165, 1.54) is 6.07 Å². The Labute approximate surface area is 141 Å². The van der Waals surface area contributed by atoms with Gasteiger partial charge in [0.05, 0.1) is 0 Å². The van der Waals surface area contributed by atoms with E-state index in [1.54, 1.807) is 60.7 Å². The number of phenolic OH excluding ortho intramolecular Hbond substituents is 4. The smallest absolute Gasteiger partial charge is 0.122 e. The molecule has 0 aliphatic rings. The number of aryl methyl sites for hydroxylation is 1. The van der Waals surface area contributed by atoms with Gasteiger partial charge in [-0.05, 0) is 42.3 Å². The summed E-state index contributed by atoms with van der Waals surface area (Å²) in [4.78, 5) is 0. The molecule has 3 aromatic rings. The third kappa shape index (κ3) is 7.75. The van der Waals surface area contributed by atoms with Gasteiger partial charge in [0.1, 0.15) is 23.0 Å². The van der Waals surface area contributed by atoms with E-state index in [0.29, 0.717) is 11.5 Å². The van der Waals surface area contributed by atoms with Crippen LogP contribution in [0.15, 0.2) is 78.9 Å². The molecule has 0 radical (unpaired) electrons.